The topological polar surface area (TPSA) is 29.1 Å². The lowest BCUT2D eigenvalue weighted by molar-refractivity contribution is 0.103. The van der Waals surface area contributed by atoms with E-state index in [0.29, 0.717) is 5.92 Å². The maximum Gasteiger partial charge on any atom is 0.193 e. The van der Waals surface area contributed by atoms with E-state index in [1.165, 1.54) is 36.1 Å². The van der Waals surface area contributed by atoms with Crippen molar-refractivity contribution >= 4 is 11.5 Å². The highest BCUT2D eigenvalue weighted by atomic mass is 16.1. The second-order valence-electron chi connectivity index (χ2n) is 6.09. The Morgan fingerprint density at radius 1 is 1.10 bits per heavy atom. The maximum absolute atomic E-state index is 12.9. The molecule has 1 saturated carbocycles. The number of hydrogen-bond donors (Lipinski definition) is 1. The van der Waals surface area contributed by atoms with E-state index in [9.17, 15) is 4.79 Å². The van der Waals surface area contributed by atoms with Gasteiger partial charge in [0.1, 0.15) is 0 Å². The molecule has 2 heteroatoms. The number of carbonyl (C=O) groups excluding carboxylic acids is 1. The largest absolute Gasteiger partial charge is 0.384 e. The van der Waals surface area contributed by atoms with Gasteiger partial charge in [0, 0.05) is 23.4 Å². The molecule has 0 bridgehead atoms. The molecule has 106 valence electrons. The van der Waals surface area contributed by atoms with Crippen LogP contribution in [-0.4, -0.2) is 12.3 Å². The van der Waals surface area contributed by atoms with Crippen molar-refractivity contribution in [2.24, 2.45) is 0 Å². The molecule has 0 aromatic heterocycles. The average molecular weight is 277 g/mol. The lowest BCUT2D eigenvalue weighted by Gasteiger charge is -2.27. The highest BCUT2D eigenvalue weighted by Crippen LogP contribution is 2.38. The molecule has 1 aliphatic heterocycles. The van der Waals surface area contributed by atoms with Gasteiger partial charge >= 0.3 is 0 Å². The summed E-state index contributed by atoms with van der Waals surface area (Å²) in [5.41, 5.74) is 5.41. The van der Waals surface area contributed by atoms with Gasteiger partial charge in [0.05, 0.1) is 0 Å². The second-order valence-corrected chi connectivity index (χ2v) is 6.09. The number of ketones is 1. The third-order valence-electron chi connectivity index (χ3n) is 4.83. The molecule has 1 heterocycles. The van der Waals surface area contributed by atoms with Crippen LogP contribution in [0.5, 0.6) is 0 Å². The van der Waals surface area contributed by atoms with Gasteiger partial charge in [0.15, 0.2) is 5.78 Å². The normalized spacial score (nSPS) is 17.0. The Labute approximate surface area is 125 Å². The van der Waals surface area contributed by atoms with Crippen LogP contribution in [0, 0.1) is 0 Å². The van der Waals surface area contributed by atoms with Crippen molar-refractivity contribution in [3.63, 3.8) is 0 Å². The molecular formula is C19H19NO. The molecule has 2 aliphatic rings. The molecule has 2 nitrogen and oxygen atoms in total. The maximum atomic E-state index is 12.9. The van der Waals surface area contributed by atoms with E-state index in [2.05, 4.69) is 23.5 Å². The van der Waals surface area contributed by atoms with E-state index in [1.807, 2.05) is 24.3 Å². The lowest BCUT2D eigenvalue weighted by Crippen LogP contribution is -2.14. The summed E-state index contributed by atoms with van der Waals surface area (Å²) in [5.74, 6) is 0.758. The number of carbonyl (C=O) groups is 1. The van der Waals surface area contributed by atoms with Crippen LogP contribution < -0.4 is 5.32 Å². The van der Waals surface area contributed by atoms with Gasteiger partial charge in [-0.2, -0.15) is 0 Å². The molecule has 0 saturated heterocycles. The van der Waals surface area contributed by atoms with Crippen molar-refractivity contribution < 1.29 is 4.79 Å². The average Bonchev–Trinajstić information content (AvgIpc) is 2.92. The minimum Gasteiger partial charge on any atom is -0.384 e. The fraction of sp³-hybridized carbons (Fsp3) is 0.316. The molecule has 0 atom stereocenters. The van der Waals surface area contributed by atoms with Crippen molar-refractivity contribution in [2.75, 3.05) is 11.9 Å². The minimum absolute atomic E-state index is 0.173. The van der Waals surface area contributed by atoms with E-state index in [4.69, 9.17) is 0 Å². The molecule has 0 amide bonds. The van der Waals surface area contributed by atoms with Crippen LogP contribution in [0.25, 0.3) is 0 Å². The zero-order chi connectivity index (χ0) is 14.2. The fourth-order valence-electron chi connectivity index (χ4n) is 3.38. The Morgan fingerprint density at radius 2 is 1.95 bits per heavy atom. The predicted octanol–water partition coefficient (Wildman–Crippen LogP) is 4.15. The van der Waals surface area contributed by atoms with Gasteiger partial charge in [0.2, 0.25) is 0 Å². The van der Waals surface area contributed by atoms with Gasteiger partial charge in [0.25, 0.3) is 0 Å². The summed E-state index contributed by atoms with van der Waals surface area (Å²) in [6.45, 7) is 0.978. The molecular weight excluding hydrogens is 258 g/mol. The first-order valence-corrected chi connectivity index (χ1v) is 7.83. The Hall–Kier alpha value is -2.09. The van der Waals surface area contributed by atoms with Crippen LogP contribution in [0.2, 0.25) is 0 Å². The quantitative estimate of drug-likeness (QED) is 0.854. The van der Waals surface area contributed by atoms with Gasteiger partial charge in [-0.3, -0.25) is 4.79 Å². The van der Waals surface area contributed by atoms with Crippen molar-refractivity contribution in [3.05, 3.63) is 64.7 Å². The first kappa shape index (κ1) is 12.6. The van der Waals surface area contributed by atoms with E-state index in [1.54, 1.807) is 0 Å². The van der Waals surface area contributed by atoms with Crippen LogP contribution in [-0.2, 0) is 6.42 Å². The summed E-state index contributed by atoms with van der Waals surface area (Å²) in [4.78, 5) is 12.9. The molecule has 1 N–H and O–H groups in total. The van der Waals surface area contributed by atoms with Crippen molar-refractivity contribution in [1.82, 2.24) is 0 Å². The van der Waals surface area contributed by atoms with Crippen LogP contribution in [0.1, 0.15) is 52.2 Å². The molecule has 4 rings (SSSR count). The van der Waals surface area contributed by atoms with Crippen molar-refractivity contribution in [1.29, 1.82) is 0 Å². The van der Waals surface area contributed by atoms with E-state index in [0.717, 1.165) is 24.1 Å². The third kappa shape index (κ3) is 2.15. The van der Waals surface area contributed by atoms with E-state index >= 15 is 0 Å². The van der Waals surface area contributed by atoms with Gasteiger partial charge in [-0.25, -0.2) is 0 Å². The standard InChI is InChI=1S/C19H19NO/c21-19(15-8-9-18-14(12-15)10-11-20-18)17-7-2-1-6-16(17)13-4-3-5-13/h1-2,6-9,12-13,20H,3-5,10-11H2. The Morgan fingerprint density at radius 3 is 2.76 bits per heavy atom. The predicted molar refractivity (Wildman–Crippen MR) is 85.1 cm³/mol. The number of anilines is 1. The van der Waals surface area contributed by atoms with Crippen LogP contribution in [0.15, 0.2) is 42.5 Å². The molecule has 0 unspecified atom stereocenters. The van der Waals surface area contributed by atoms with Gasteiger partial charge < -0.3 is 5.32 Å². The third-order valence-corrected chi connectivity index (χ3v) is 4.83. The smallest absolute Gasteiger partial charge is 0.193 e. The van der Waals surface area contributed by atoms with Gasteiger partial charge in [-0.15, -0.1) is 0 Å². The highest BCUT2D eigenvalue weighted by molar-refractivity contribution is 6.10. The Bertz CT molecular complexity index is 700. The van der Waals surface area contributed by atoms with E-state index < -0.39 is 0 Å². The first-order valence-electron chi connectivity index (χ1n) is 7.83. The van der Waals surface area contributed by atoms with Crippen molar-refractivity contribution in [3.8, 4) is 0 Å². The molecule has 1 fully saturated rings. The summed E-state index contributed by atoms with van der Waals surface area (Å²) >= 11 is 0. The molecule has 2 aromatic rings. The molecule has 0 radical (unpaired) electrons. The summed E-state index contributed by atoms with van der Waals surface area (Å²) in [5, 5.41) is 3.34. The summed E-state index contributed by atoms with van der Waals surface area (Å²) in [6, 6.07) is 14.2. The van der Waals surface area contributed by atoms with Crippen molar-refractivity contribution in [2.45, 2.75) is 31.6 Å². The monoisotopic (exact) mass is 277 g/mol. The number of hydrogen-bond acceptors (Lipinski definition) is 2. The minimum atomic E-state index is 0.173. The van der Waals surface area contributed by atoms with Gasteiger partial charge in [-0.1, -0.05) is 30.7 Å². The molecule has 0 spiro atoms. The summed E-state index contributed by atoms with van der Waals surface area (Å²) < 4.78 is 0. The Balaban J connectivity index is 1.71. The van der Waals surface area contributed by atoms with Crippen LogP contribution >= 0.6 is 0 Å². The second kappa shape index (κ2) is 5.03. The Kier molecular flexibility index (Phi) is 3.03. The van der Waals surface area contributed by atoms with Gasteiger partial charge in [-0.05, 0) is 54.5 Å². The zero-order valence-electron chi connectivity index (χ0n) is 12.1. The zero-order valence-corrected chi connectivity index (χ0v) is 12.1. The number of benzene rings is 2. The summed E-state index contributed by atoms with van der Waals surface area (Å²) in [7, 11) is 0. The molecule has 1 aliphatic carbocycles. The molecule has 21 heavy (non-hydrogen) atoms. The lowest BCUT2D eigenvalue weighted by atomic mass is 9.77. The fourth-order valence-corrected chi connectivity index (χ4v) is 3.38. The van der Waals surface area contributed by atoms with Crippen LogP contribution in [0.3, 0.4) is 0 Å². The number of rotatable bonds is 3. The first-order chi connectivity index (χ1) is 10.3. The van der Waals surface area contributed by atoms with E-state index in [-0.39, 0.29) is 5.78 Å². The number of nitrogens with one attached hydrogen (secondary N) is 1. The summed E-state index contributed by atoms with van der Waals surface area (Å²) in [6.07, 6.45) is 4.75. The van der Waals surface area contributed by atoms with Crippen LogP contribution in [0.4, 0.5) is 5.69 Å². The highest BCUT2D eigenvalue weighted by Gasteiger charge is 2.25. The number of fused-ring (bicyclic) bond motifs is 1. The SMILES string of the molecule is O=C(c1ccc2c(c1)CCN2)c1ccccc1C1CCC1. The molecule has 2 aromatic carbocycles.